The van der Waals surface area contributed by atoms with Gasteiger partial charge in [-0.05, 0) is 58.6 Å². The summed E-state index contributed by atoms with van der Waals surface area (Å²) in [5.41, 5.74) is 2.03. The van der Waals surface area contributed by atoms with Gasteiger partial charge in [-0.3, -0.25) is 0 Å². The lowest BCUT2D eigenvalue weighted by Crippen LogP contribution is -2.37. The molecule has 8 nitrogen and oxygen atoms in total. The third-order valence-electron chi connectivity index (χ3n) is 4.71. The molecule has 11 heteroatoms. The molecule has 1 aliphatic heterocycles. The minimum absolute atomic E-state index is 0.361. The van der Waals surface area contributed by atoms with Crippen LogP contribution in [0.3, 0.4) is 0 Å². The first kappa shape index (κ1) is 22.8. The SMILES string of the molecule is CSc1c(Cl)nc(-c2ccc(NC(=O)Nc3ccc(Br)nc3)cc2)nc1N1CCOCC1. The monoisotopic (exact) mass is 534 g/mol. The number of aromatic nitrogens is 3. The number of thioether (sulfide) groups is 1. The number of nitrogens with one attached hydrogen (secondary N) is 2. The van der Waals surface area contributed by atoms with Crippen molar-refractivity contribution in [1.29, 1.82) is 0 Å². The molecule has 2 N–H and O–H groups in total. The minimum Gasteiger partial charge on any atom is -0.378 e. The third-order valence-corrected chi connectivity index (χ3v) is 6.35. The Morgan fingerprint density at radius 3 is 2.44 bits per heavy atom. The average molecular weight is 536 g/mol. The van der Waals surface area contributed by atoms with Gasteiger partial charge in [0.05, 0.1) is 30.0 Å². The van der Waals surface area contributed by atoms with E-state index in [1.165, 1.54) is 11.8 Å². The highest BCUT2D eigenvalue weighted by Crippen LogP contribution is 2.35. The number of pyridine rings is 1. The first-order valence-corrected chi connectivity index (χ1v) is 12.2. The second-order valence-corrected chi connectivity index (χ2v) is 8.81. The molecular weight excluding hydrogens is 516 g/mol. The van der Waals surface area contributed by atoms with Crippen LogP contribution >= 0.6 is 39.3 Å². The zero-order valence-electron chi connectivity index (χ0n) is 17.1. The number of ether oxygens (including phenoxy) is 1. The van der Waals surface area contributed by atoms with Crippen LogP contribution in [0.4, 0.5) is 22.0 Å². The zero-order chi connectivity index (χ0) is 22.5. The van der Waals surface area contributed by atoms with Gasteiger partial charge in [-0.2, -0.15) is 0 Å². The summed E-state index contributed by atoms with van der Waals surface area (Å²) in [4.78, 5) is 28.6. The maximum atomic E-state index is 12.2. The van der Waals surface area contributed by atoms with Crippen LogP contribution in [0, 0.1) is 0 Å². The van der Waals surface area contributed by atoms with Crippen LogP contribution in [0.15, 0.2) is 52.1 Å². The highest BCUT2D eigenvalue weighted by atomic mass is 79.9. The molecule has 166 valence electrons. The Bertz CT molecular complexity index is 1090. The molecule has 1 aliphatic rings. The van der Waals surface area contributed by atoms with Gasteiger partial charge in [0, 0.05) is 24.3 Å². The summed E-state index contributed by atoms with van der Waals surface area (Å²) < 4.78 is 6.16. The van der Waals surface area contributed by atoms with E-state index in [9.17, 15) is 4.79 Å². The van der Waals surface area contributed by atoms with Crippen molar-refractivity contribution in [2.75, 3.05) is 48.1 Å². The molecule has 0 saturated carbocycles. The van der Waals surface area contributed by atoms with Crippen LogP contribution in [0.2, 0.25) is 5.15 Å². The number of hydrogen-bond acceptors (Lipinski definition) is 7. The number of carbonyl (C=O) groups is 1. The van der Waals surface area contributed by atoms with Crippen molar-refractivity contribution in [2.45, 2.75) is 4.90 Å². The number of benzene rings is 1. The van der Waals surface area contributed by atoms with Crippen molar-refractivity contribution in [3.63, 3.8) is 0 Å². The average Bonchev–Trinajstić information content (AvgIpc) is 2.81. The van der Waals surface area contributed by atoms with Gasteiger partial charge in [0.1, 0.15) is 15.6 Å². The largest absolute Gasteiger partial charge is 0.378 e. The van der Waals surface area contributed by atoms with E-state index in [1.54, 1.807) is 30.5 Å². The summed E-state index contributed by atoms with van der Waals surface area (Å²) in [5, 5.41) is 5.95. The Morgan fingerprint density at radius 2 is 1.78 bits per heavy atom. The van der Waals surface area contributed by atoms with E-state index in [0.717, 1.165) is 29.4 Å². The molecule has 1 aromatic carbocycles. The Kier molecular flexibility index (Phi) is 7.46. The molecule has 0 spiro atoms. The van der Waals surface area contributed by atoms with Gasteiger partial charge >= 0.3 is 6.03 Å². The summed E-state index contributed by atoms with van der Waals surface area (Å²) in [6, 6.07) is 10.4. The van der Waals surface area contributed by atoms with Gasteiger partial charge in [-0.15, -0.1) is 11.8 Å². The van der Waals surface area contributed by atoms with Crippen LogP contribution in [0.25, 0.3) is 11.4 Å². The highest BCUT2D eigenvalue weighted by Gasteiger charge is 2.21. The third kappa shape index (κ3) is 5.50. The van der Waals surface area contributed by atoms with Crippen molar-refractivity contribution < 1.29 is 9.53 Å². The van der Waals surface area contributed by atoms with E-state index in [2.05, 4.69) is 41.4 Å². The Morgan fingerprint density at radius 1 is 1.09 bits per heavy atom. The van der Waals surface area contributed by atoms with Gasteiger partial charge in [-0.25, -0.2) is 19.7 Å². The zero-order valence-corrected chi connectivity index (χ0v) is 20.3. The molecule has 3 heterocycles. The van der Waals surface area contributed by atoms with E-state index < -0.39 is 0 Å². The second-order valence-electron chi connectivity index (χ2n) is 6.82. The summed E-state index contributed by atoms with van der Waals surface area (Å²) >= 11 is 11.3. The van der Waals surface area contributed by atoms with Crippen LogP contribution < -0.4 is 15.5 Å². The van der Waals surface area contributed by atoms with Crippen molar-refractivity contribution >= 4 is 62.5 Å². The molecule has 0 atom stereocenters. The van der Waals surface area contributed by atoms with Gasteiger partial charge in [0.15, 0.2) is 5.82 Å². The summed E-state index contributed by atoms with van der Waals surface area (Å²) in [7, 11) is 0. The molecule has 4 rings (SSSR count). The lowest BCUT2D eigenvalue weighted by atomic mass is 10.2. The van der Waals surface area contributed by atoms with E-state index >= 15 is 0 Å². The number of halogens is 2. The van der Waals surface area contributed by atoms with Gasteiger partial charge in [0.25, 0.3) is 0 Å². The normalized spacial score (nSPS) is 13.7. The van der Waals surface area contributed by atoms with Gasteiger partial charge in [0.2, 0.25) is 0 Å². The first-order chi connectivity index (χ1) is 15.5. The lowest BCUT2D eigenvalue weighted by Gasteiger charge is -2.29. The smallest absolute Gasteiger partial charge is 0.323 e. The Balaban J connectivity index is 1.50. The summed E-state index contributed by atoms with van der Waals surface area (Å²) in [6.45, 7) is 2.82. The highest BCUT2D eigenvalue weighted by molar-refractivity contribution is 9.10. The predicted molar refractivity (Wildman–Crippen MR) is 132 cm³/mol. The van der Waals surface area contributed by atoms with Crippen molar-refractivity contribution in [3.05, 3.63) is 52.4 Å². The maximum absolute atomic E-state index is 12.2. The number of carbonyl (C=O) groups excluding carboxylic acids is 1. The topological polar surface area (TPSA) is 92.3 Å². The predicted octanol–water partition coefficient (Wildman–Crippen LogP) is 5.16. The van der Waals surface area contributed by atoms with Gasteiger partial charge in [-0.1, -0.05) is 11.6 Å². The number of rotatable bonds is 5. The fourth-order valence-electron chi connectivity index (χ4n) is 3.15. The van der Waals surface area contributed by atoms with E-state index in [4.69, 9.17) is 21.3 Å². The van der Waals surface area contributed by atoms with Crippen molar-refractivity contribution in [2.24, 2.45) is 0 Å². The second kappa shape index (κ2) is 10.5. The van der Waals surface area contributed by atoms with Gasteiger partial charge < -0.3 is 20.3 Å². The number of urea groups is 1. The molecule has 1 saturated heterocycles. The number of morpholine rings is 1. The molecule has 2 amide bonds. The molecule has 2 aromatic heterocycles. The molecule has 0 radical (unpaired) electrons. The minimum atomic E-state index is -0.361. The molecule has 3 aromatic rings. The Labute approximate surface area is 203 Å². The van der Waals surface area contributed by atoms with Crippen LogP contribution in [0.1, 0.15) is 0 Å². The van der Waals surface area contributed by atoms with Crippen LogP contribution in [-0.2, 0) is 4.74 Å². The first-order valence-electron chi connectivity index (χ1n) is 9.77. The van der Waals surface area contributed by atoms with Crippen molar-refractivity contribution in [3.8, 4) is 11.4 Å². The fourth-order valence-corrected chi connectivity index (χ4v) is 4.35. The summed E-state index contributed by atoms with van der Waals surface area (Å²) in [6.07, 6.45) is 3.53. The number of hydrogen-bond donors (Lipinski definition) is 2. The van der Waals surface area contributed by atoms with E-state index in [0.29, 0.717) is 40.2 Å². The van der Waals surface area contributed by atoms with Crippen LogP contribution in [0.5, 0.6) is 0 Å². The molecular formula is C21H20BrClN6O2S. The molecule has 0 aliphatic carbocycles. The number of anilines is 3. The quantitative estimate of drug-likeness (QED) is 0.265. The lowest BCUT2D eigenvalue weighted by molar-refractivity contribution is 0.122. The molecule has 32 heavy (non-hydrogen) atoms. The fraction of sp³-hybridized carbons (Fsp3) is 0.238. The maximum Gasteiger partial charge on any atom is 0.323 e. The molecule has 1 fully saturated rings. The summed E-state index contributed by atoms with van der Waals surface area (Å²) in [5.74, 6) is 1.35. The van der Waals surface area contributed by atoms with Crippen LogP contribution in [-0.4, -0.2) is 53.5 Å². The van der Waals surface area contributed by atoms with Crippen molar-refractivity contribution in [1.82, 2.24) is 15.0 Å². The van der Waals surface area contributed by atoms with E-state index in [-0.39, 0.29) is 6.03 Å². The number of amides is 2. The Hall–Kier alpha value is -2.40. The number of nitrogens with zero attached hydrogens (tertiary/aromatic N) is 4. The van der Waals surface area contributed by atoms with E-state index in [1.807, 2.05) is 18.4 Å². The standard InChI is InChI=1S/C21H20BrClN6O2S/c1-32-17-18(23)27-19(28-20(17)29-8-10-31-11-9-29)13-2-4-14(5-3-13)25-21(30)26-15-6-7-16(22)24-12-15/h2-7,12H,8-11H2,1H3,(H2,25,26,30). The molecule has 0 unspecified atom stereocenters. The molecule has 0 bridgehead atoms.